The van der Waals surface area contributed by atoms with Gasteiger partial charge in [0.1, 0.15) is 10.7 Å². The Hall–Kier alpha value is -1.63. The van der Waals surface area contributed by atoms with Crippen LogP contribution in [0.1, 0.15) is 19.2 Å². The Morgan fingerprint density at radius 3 is 2.76 bits per heavy atom. The lowest BCUT2D eigenvalue weighted by Gasteiger charge is -2.25. The van der Waals surface area contributed by atoms with E-state index in [4.69, 9.17) is 4.98 Å². The number of nitrogens with one attached hydrogen (secondary N) is 1. The first kappa shape index (κ1) is 18.2. The highest BCUT2D eigenvalue weighted by Crippen LogP contribution is 2.30. The molecule has 0 bridgehead atoms. The first-order valence-corrected chi connectivity index (χ1v) is 10.6. The average Bonchev–Trinajstić information content (AvgIpc) is 3.05. The summed E-state index contributed by atoms with van der Waals surface area (Å²) in [5.74, 6) is 1.82. The fraction of sp³-hybridized carbons (Fsp3) is 0.368. The second-order valence-corrected chi connectivity index (χ2v) is 8.08. The molecule has 0 aliphatic heterocycles. The number of fused-ring (bicyclic) bond motifs is 1. The van der Waals surface area contributed by atoms with E-state index in [-0.39, 0.29) is 5.56 Å². The molecule has 0 amide bonds. The van der Waals surface area contributed by atoms with Crippen LogP contribution in [0.3, 0.4) is 0 Å². The van der Waals surface area contributed by atoms with Crippen molar-refractivity contribution in [2.45, 2.75) is 25.9 Å². The monoisotopic (exact) mass is 373 g/mol. The van der Waals surface area contributed by atoms with Gasteiger partial charge in [0.15, 0.2) is 0 Å². The minimum atomic E-state index is -0.0512. The minimum Gasteiger partial charge on any atom is -0.309 e. The molecule has 1 N–H and O–H groups in total. The number of aromatic amines is 1. The molecule has 1 atom stereocenters. The smallest absolute Gasteiger partial charge is 0.259 e. The van der Waals surface area contributed by atoms with Crippen molar-refractivity contribution in [2.75, 3.05) is 19.1 Å². The molecule has 132 valence electrons. The van der Waals surface area contributed by atoms with Crippen LogP contribution in [0.25, 0.3) is 20.7 Å². The van der Waals surface area contributed by atoms with E-state index in [0.717, 1.165) is 33.3 Å². The van der Waals surface area contributed by atoms with Gasteiger partial charge in [-0.2, -0.15) is 11.8 Å². The number of hydrogen-bond acceptors (Lipinski definition) is 5. The van der Waals surface area contributed by atoms with Crippen molar-refractivity contribution >= 4 is 33.3 Å². The van der Waals surface area contributed by atoms with Crippen LogP contribution in [0, 0.1) is 0 Å². The lowest BCUT2D eigenvalue weighted by Crippen LogP contribution is -2.33. The first-order valence-electron chi connectivity index (χ1n) is 8.39. The molecule has 0 radical (unpaired) electrons. The Balaban J connectivity index is 1.90. The highest BCUT2D eigenvalue weighted by Gasteiger charge is 2.15. The summed E-state index contributed by atoms with van der Waals surface area (Å²) in [5.41, 5.74) is 1.07. The van der Waals surface area contributed by atoms with Crippen molar-refractivity contribution in [1.29, 1.82) is 0 Å². The maximum absolute atomic E-state index is 12.5. The predicted molar refractivity (Wildman–Crippen MR) is 110 cm³/mol. The minimum absolute atomic E-state index is 0.0512. The van der Waals surface area contributed by atoms with Gasteiger partial charge in [-0.15, -0.1) is 11.3 Å². The van der Waals surface area contributed by atoms with E-state index in [2.05, 4.69) is 42.2 Å². The normalized spacial score (nSPS) is 12.8. The van der Waals surface area contributed by atoms with Gasteiger partial charge in [-0.3, -0.25) is 9.69 Å². The maximum Gasteiger partial charge on any atom is 0.259 e. The summed E-state index contributed by atoms with van der Waals surface area (Å²) in [6.07, 6.45) is 3.21. The Morgan fingerprint density at radius 2 is 2.08 bits per heavy atom. The molecule has 0 unspecified atom stereocenters. The van der Waals surface area contributed by atoms with Crippen molar-refractivity contribution in [3.05, 3.63) is 52.6 Å². The molecule has 0 spiro atoms. The molecular weight excluding hydrogens is 350 g/mol. The number of benzene rings is 1. The van der Waals surface area contributed by atoms with Crippen LogP contribution in [0.15, 0.2) is 41.2 Å². The fourth-order valence-corrected chi connectivity index (χ4v) is 4.84. The van der Waals surface area contributed by atoms with Crippen LogP contribution in [0.4, 0.5) is 0 Å². The second-order valence-electron chi connectivity index (χ2n) is 6.14. The Bertz CT molecular complexity index is 889. The summed E-state index contributed by atoms with van der Waals surface area (Å²) >= 11 is 3.42. The van der Waals surface area contributed by atoms with Crippen LogP contribution in [-0.2, 0) is 6.54 Å². The van der Waals surface area contributed by atoms with E-state index in [1.54, 1.807) is 11.3 Å². The summed E-state index contributed by atoms with van der Waals surface area (Å²) < 4.78 is 0. The van der Waals surface area contributed by atoms with Crippen molar-refractivity contribution in [1.82, 2.24) is 14.9 Å². The Morgan fingerprint density at radius 1 is 1.32 bits per heavy atom. The van der Waals surface area contributed by atoms with Crippen molar-refractivity contribution in [3.8, 4) is 10.4 Å². The maximum atomic E-state index is 12.5. The topological polar surface area (TPSA) is 49.0 Å². The van der Waals surface area contributed by atoms with Crippen molar-refractivity contribution in [3.63, 3.8) is 0 Å². The van der Waals surface area contributed by atoms with E-state index in [1.807, 2.05) is 36.0 Å². The third kappa shape index (κ3) is 4.14. The number of thioether (sulfide) groups is 1. The third-order valence-corrected chi connectivity index (χ3v) is 6.16. The van der Waals surface area contributed by atoms with Gasteiger partial charge in [-0.05, 0) is 31.4 Å². The molecule has 3 rings (SSSR count). The lowest BCUT2D eigenvalue weighted by atomic mass is 10.2. The van der Waals surface area contributed by atoms with Gasteiger partial charge in [0, 0.05) is 16.7 Å². The molecule has 2 aromatic heterocycles. The number of thiophene rings is 1. The first-order chi connectivity index (χ1) is 12.1. The molecule has 0 aliphatic carbocycles. The van der Waals surface area contributed by atoms with Gasteiger partial charge in [0.05, 0.1) is 11.9 Å². The summed E-state index contributed by atoms with van der Waals surface area (Å²) in [6, 6.07) is 12.6. The summed E-state index contributed by atoms with van der Waals surface area (Å²) in [5, 5.41) is 0.673. The predicted octanol–water partition coefficient (Wildman–Crippen LogP) is 4.23. The SMILES string of the molecule is CC[C@H](CSC)N(C)Cc1nc2sc(-c3ccccc3)cc2c(=O)[nH]1. The summed E-state index contributed by atoms with van der Waals surface area (Å²) in [4.78, 5) is 24.3. The molecule has 0 aliphatic rings. The van der Waals surface area contributed by atoms with E-state index in [9.17, 15) is 4.79 Å². The van der Waals surface area contributed by atoms with Gasteiger partial charge in [-0.25, -0.2) is 4.98 Å². The molecule has 3 aromatic rings. The highest BCUT2D eigenvalue weighted by molar-refractivity contribution is 7.98. The number of rotatable bonds is 7. The molecular formula is C19H23N3OS2. The molecule has 0 saturated heterocycles. The van der Waals surface area contributed by atoms with Crippen molar-refractivity contribution in [2.24, 2.45) is 0 Å². The molecule has 0 saturated carbocycles. The second kappa shape index (κ2) is 8.17. The third-order valence-electron chi connectivity index (χ3n) is 4.36. The van der Waals surface area contributed by atoms with Gasteiger partial charge in [0.2, 0.25) is 0 Å². The van der Waals surface area contributed by atoms with E-state index >= 15 is 0 Å². The number of aromatic nitrogens is 2. The van der Waals surface area contributed by atoms with Crippen LogP contribution in [0.2, 0.25) is 0 Å². The van der Waals surface area contributed by atoms with Crippen molar-refractivity contribution < 1.29 is 0 Å². The number of nitrogens with zero attached hydrogens (tertiary/aromatic N) is 2. The Labute approximate surface area is 156 Å². The number of H-pyrrole nitrogens is 1. The standard InChI is InChI=1S/C19H23N3OS2/c1-4-14(12-24-3)22(2)11-17-20-18(23)15-10-16(25-19(15)21-17)13-8-6-5-7-9-13/h5-10,14H,4,11-12H2,1-3H3,(H,20,21,23)/t14-/m1/s1. The molecule has 25 heavy (non-hydrogen) atoms. The highest BCUT2D eigenvalue weighted by atomic mass is 32.2. The molecule has 0 fully saturated rings. The Kier molecular flexibility index (Phi) is 5.93. The van der Waals surface area contributed by atoms with Crippen LogP contribution >= 0.6 is 23.1 Å². The molecule has 4 nitrogen and oxygen atoms in total. The zero-order valence-corrected chi connectivity index (χ0v) is 16.4. The van der Waals surface area contributed by atoms with E-state index < -0.39 is 0 Å². The zero-order chi connectivity index (χ0) is 17.8. The lowest BCUT2D eigenvalue weighted by molar-refractivity contribution is 0.242. The van der Waals surface area contributed by atoms with Crippen LogP contribution in [-0.4, -0.2) is 40.0 Å². The van der Waals surface area contributed by atoms with E-state index in [0.29, 0.717) is 18.0 Å². The summed E-state index contributed by atoms with van der Waals surface area (Å²) in [6.45, 7) is 2.85. The fourth-order valence-electron chi connectivity index (χ4n) is 2.91. The van der Waals surface area contributed by atoms with Crippen LogP contribution < -0.4 is 5.56 Å². The molecule has 1 aromatic carbocycles. The van der Waals surface area contributed by atoms with E-state index in [1.165, 1.54) is 0 Å². The molecule has 6 heteroatoms. The van der Waals surface area contributed by atoms with Gasteiger partial charge in [0.25, 0.3) is 5.56 Å². The zero-order valence-electron chi connectivity index (χ0n) is 14.8. The van der Waals surface area contributed by atoms with Gasteiger partial charge in [-0.1, -0.05) is 37.3 Å². The van der Waals surface area contributed by atoms with Gasteiger partial charge >= 0.3 is 0 Å². The number of hydrogen-bond donors (Lipinski definition) is 1. The quantitative estimate of drug-likeness (QED) is 0.673. The summed E-state index contributed by atoms with van der Waals surface area (Å²) in [7, 11) is 2.10. The molecule has 2 heterocycles. The largest absolute Gasteiger partial charge is 0.309 e. The van der Waals surface area contributed by atoms with Gasteiger partial charge < -0.3 is 4.98 Å². The van der Waals surface area contributed by atoms with Crippen LogP contribution in [0.5, 0.6) is 0 Å². The average molecular weight is 374 g/mol.